The highest BCUT2D eigenvalue weighted by atomic mass is 16.5. The van der Waals surface area contributed by atoms with Crippen molar-refractivity contribution in [3.63, 3.8) is 0 Å². The summed E-state index contributed by atoms with van der Waals surface area (Å²) in [5.74, 6) is 6.90. The van der Waals surface area contributed by atoms with Gasteiger partial charge >= 0.3 is 0 Å². The predicted molar refractivity (Wildman–Crippen MR) is 71.3 cm³/mol. The van der Waals surface area contributed by atoms with E-state index in [0.717, 1.165) is 44.8 Å². The van der Waals surface area contributed by atoms with Crippen LogP contribution in [0.15, 0.2) is 12.4 Å². The summed E-state index contributed by atoms with van der Waals surface area (Å²) in [5, 5.41) is 0. The molecule has 0 spiro atoms. The Hall–Kier alpha value is -1.40. The van der Waals surface area contributed by atoms with Crippen LogP contribution in [0.1, 0.15) is 26.2 Å². The lowest BCUT2D eigenvalue weighted by molar-refractivity contribution is 0.0439. The highest BCUT2D eigenvalue weighted by Crippen LogP contribution is 2.20. The maximum absolute atomic E-state index is 5.82. The van der Waals surface area contributed by atoms with Gasteiger partial charge in [0.2, 0.25) is 0 Å². The molecule has 1 saturated heterocycles. The quantitative estimate of drug-likeness (QED) is 0.604. The number of nitrogens with one attached hydrogen (secondary N) is 1. The van der Waals surface area contributed by atoms with Gasteiger partial charge < -0.3 is 15.1 Å². The van der Waals surface area contributed by atoms with E-state index in [1.165, 1.54) is 6.33 Å². The lowest BCUT2D eigenvalue weighted by atomic mass is 10.1. The molecule has 0 amide bonds. The van der Waals surface area contributed by atoms with Crippen LogP contribution in [0.3, 0.4) is 0 Å². The molecule has 1 unspecified atom stereocenters. The van der Waals surface area contributed by atoms with Gasteiger partial charge in [-0.2, -0.15) is 0 Å². The predicted octanol–water partition coefficient (Wildman–Crippen LogP) is 1.16. The van der Waals surface area contributed by atoms with Crippen molar-refractivity contribution in [2.45, 2.75) is 32.3 Å². The first-order chi connectivity index (χ1) is 8.83. The van der Waals surface area contributed by atoms with Crippen LogP contribution in [0.5, 0.6) is 0 Å². The average molecular weight is 251 g/mol. The number of nitrogen functional groups attached to an aromatic ring is 1. The molecule has 0 radical (unpaired) electrons. The number of anilines is 2. The van der Waals surface area contributed by atoms with Crippen molar-refractivity contribution in [1.82, 2.24) is 9.97 Å². The van der Waals surface area contributed by atoms with E-state index in [4.69, 9.17) is 10.6 Å². The van der Waals surface area contributed by atoms with Gasteiger partial charge in [-0.05, 0) is 19.3 Å². The molecule has 6 nitrogen and oxygen atoms in total. The lowest BCUT2D eigenvalue weighted by Crippen LogP contribution is -2.40. The Morgan fingerprint density at radius 3 is 3.22 bits per heavy atom. The SMILES string of the molecule is CCCOC1CCCN(c2cc(NN)ncn2)C1. The van der Waals surface area contributed by atoms with Crippen LogP contribution in [0, 0.1) is 0 Å². The third-order valence-electron chi connectivity index (χ3n) is 3.06. The molecule has 0 bridgehead atoms. The van der Waals surface area contributed by atoms with Crippen LogP contribution >= 0.6 is 0 Å². The second-order valence-corrected chi connectivity index (χ2v) is 4.49. The Labute approximate surface area is 108 Å². The van der Waals surface area contributed by atoms with Crippen molar-refractivity contribution < 1.29 is 4.74 Å². The molecule has 18 heavy (non-hydrogen) atoms. The maximum Gasteiger partial charge on any atom is 0.145 e. The summed E-state index contributed by atoms with van der Waals surface area (Å²) in [6.45, 7) is 4.86. The molecule has 1 aliphatic rings. The molecule has 0 aromatic carbocycles. The minimum atomic E-state index is 0.308. The highest BCUT2D eigenvalue weighted by Gasteiger charge is 2.21. The summed E-state index contributed by atoms with van der Waals surface area (Å²) in [5.41, 5.74) is 2.54. The molecule has 100 valence electrons. The third kappa shape index (κ3) is 3.30. The zero-order chi connectivity index (χ0) is 12.8. The fraction of sp³-hybridized carbons (Fsp3) is 0.667. The van der Waals surface area contributed by atoms with E-state index in [2.05, 4.69) is 27.2 Å². The van der Waals surface area contributed by atoms with Crippen LogP contribution in [0.4, 0.5) is 11.6 Å². The largest absolute Gasteiger partial charge is 0.376 e. The summed E-state index contributed by atoms with van der Waals surface area (Å²) in [7, 11) is 0. The normalized spacial score (nSPS) is 19.9. The van der Waals surface area contributed by atoms with Gasteiger partial charge in [0.1, 0.15) is 18.0 Å². The number of nitrogens with two attached hydrogens (primary N) is 1. The van der Waals surface area contributed by atoms with Crippen molar-refractivity contribution in [2.75, 3.05) is 30.0 Å². The second-order valence-electron chi connectivity index (χ2n) is 4.49. The van der Waals surface area contributed by atoms with Gasteiger partial charge in [0.05, 0.1) is 6.10 Å². The first-order valence-corrected chi connectivity index (χ1v) is 6.48. The van der Waals surface area contributed by atoms with E-state index in [1.54, 1.807) is 0 Å². The Morgan fingerprint density at radius 1 is 1.56 bits per heavy atom. The van der Waals surface area contributed by atoms with E-state index in [9.17, 15) is 0 Å². The molecule has 3 N–H and O–H groups in total. The van der Waals surface area contributed by atoms with Crippen LogP contribution in [0.25, 0.3) is 0 Å². The number of rotatable bonds is 5. The number of ether oxygens (including phenoxy) is 1. The molecule has 2 rings (SSSR count). The summed E-state index contributed by atoms with van der Waals surface area (Å²) in [4.78, 5) is 10.5. The Balaban J connectivity index is 1.98. The van der Waals surface area contributed by atoms with E-state index >= 15 is 0 Å². The first-order valence-electron chi connectivity index (χ1n) is 6.48. The first kappa shape index (κ1) is 13.0. The molecule has 2 heterocycles. The topological polar surface area (TPSA) is 76.3 Å². The van der Waals surface area contributed by atoms with Gasteiger partial charge in [0, 0.05) is 25.8 Å². The highest BCUT2D eigenvalue weighted by molar-refractivity contribution is 5.48. The van der Waals surface area contributed by atoms with Crippen molar-refractivity contribution in [3.8, 4) is 0 Å². The Bertz CT molecular complexity index is 373. The van der Waals surface area contributed by atoms with E-state index < -0.39 is 0 Å². The van der Waals surface area contributed by atoms with Gasteiger partial charge in [0.15, 0.2) is 0 Å². The minimum absolute atomic E-state index is 0.308. The molecule has 0 saturated carbocycles. The van der Waals surface area contributed by atoms with Gasteiger partial charge in [-0.3, -0.25) is 0 Å². The second kappa shape index (κ2) is 6.51. The summed E-state index contributed by atoms with van der Waals surface area (Å²) in [6.07, 6.45) is 5.16. The smallest absolute Gasteiger partial charge is 0.145 e. The van der Waals surface area contributed by atoms with Crippen molar-refractivity contribution >= 4 is 11.6 Å². The fourth-order valence-electron chi connectivity index (χ4n) is 2.17. The molecule has 0 aliphatic carbocycles. The van der Waals surface area contributed by atoms with Crippen molar-refractivity contribution in [3.05, 3.63) is 12.4 Å². The Morgan fingerprint density at radius 2 is 2.44 bits per heavy atom. The van der Waals surface area contributed by atoms with E-state index in [-0.39, 0.29) is 0 Å². The van der Waals surface area contributed by atoms with Gasteiger partial charge in [-0.25, -0.2) is 15.8 Å². The monoisotopic (exact) mass is 251 g/mol. The Kier molecular flexibility index (Phi) is 4.72. The average Bonchev–Trinajstić information content (AvgIpc) is 2.45. The zero-order valence-corrected chi connectivity index (χ0v) is 10.8. The van der Waals surface area contributed by atoms with Gasteiger partial charge in [-0.1, -0.05) is 6.92 Å². The maximum atomic E-state index is 5.82. The van der Waals surface area contributed by atoms with Crippen LogP contribution in [0.2, 0.25) is 0 Å². The number of hydrazine groups is 1. The van der Waals surface area contributed by atoms with Gasteiger partial charge in [0.25, 0.3) is 0 Å². The van der Waals surface area contributed by atoms with Gasteiger partial charge in [-0.15, -0.1) is 0 Å². The summed E-state index contributed by atoms with van der Waals surface area (Å²) >= 11 is 0. The third-order valence-corrected chi connectivity index (χ3v) is 3.06. The number of aromatic nitrogens is 2. The summed E-state index contributed by atoms with van der Waals surface area (Å²) in [6, 6.07) is 1.86. The molecule has 1 atom stereocenters. The number of piperidine rings is 1. The van der Waals surface area contributed by atoms with E-state index in [0.29, 0.717) is 11.9 Å². The van der Waals surface area contributed by atoms with E-state index in [1.807, 2.05) is 6.07 Å². The molecule has 1 aliphatic heterocycles. The van der Waals surface area contributed by atoms with Crippen LogP contribution < -0.4 is 16.2 Å². The molecular weight excluding hydrogens is 230 g/mol. The molecule has 1 aromatic heterocycles. The fourth-order valence-corrected chi connectivity index (χ4v) is 2.17. The minimum Gasteiger partial charge on any atom is -0.376 e. The van der Waals surface area contributed by atoms with Crippen LogP contribution in [-0.2, 0) is 4.74 Å². The number of hydrogen-bond acceptors (Lipinski definition) is 6. The molecular formula is C12H21N5O. The van der Waals surface area contributed by atoms with Crippen molar-refractivity contribution in [2.24, 2.45) is 5.84 Å². The standard InChI is InChI=1S/C12H21N5O/c1-2-6-18-10-4-3-5-17(8-10)12-7-11(16-13)14-9-15-12/h7,9-10H,2-6,8,13H2,1H3,(H,14,15,16). The lowest BCUT2D eigenvalue weighted by Gasteiger charge is -2.33. The molecule has 1 aromatic rings. The molecule has 1 fully saturated rings. The van der Waals surface area contributed by atoms with Crippen LogP contribution in [-0.4, -0.2) is 35.8 Å². The zero-order valence-electron chi connectivity index (χ0n) is 10.8. The summed E-state index contributed by atoms with van der Waals surface area (Å²) < 4.78 is 5.82. The number of nitrogens with zero attached hydrogens (tertiary/aromatic N) is 3. The molecule has 6 heteroatoms. The van der Waals surface area contributed by atoms with Crippen molar-refractivity contribution in [1.29, 1.82) is 0 Å². The number of hydrogen-bond donors (Lipinski definition) is 2.